The highest BCUT2D eigenvalue weighted by atomic mass is 32.2. The van der Waals surface area contributed by atoms with Crippen molar-refractivity contribution in [2.75, 3.05) is 26.2 Å². The van der Waals surface area contributed by atoms with Crippen LogP contribution in [0.2, 0.25) is 0 Å². The van der Waals surface area contributed by atoms with Gasteiger partial charge in [-0.1, -0.05) is 29.5 Å². The third-order valence-corrected chi connectivity index (χ3v) is 7.14. The van der Waals surface area contributed by atoms with Crippen molar-refractivity contribution in [3.63, 3.8) is 0 Å². The van der Waals surface area contributed by atoms with Gasteiger partial charge in [-0.3, -0.25) is 4.79 Å². The lowest BCUT2D eigenvalue weighted by atomic mass is 10.0. The van der Waals surface area contributed by atoms with E-state index < -0.39 is 0 Å². The Kier molecular flexibility index (Phi) is 6.02. The second kappa shape index (κ2) is 8.66. The van der Waals surface area contributed by atoms with Crippen LogP contribution in [0.15, 0.2) is 46.5 Å². The maximum atomic E-state index is 13.2. The smallest absolute Gasteiger partial charge is 0.256 e. The molecule has 0 spiro atoms. The number of carbonyl (C=O) groups is 1. The van der Waals surface area contributed by atoms with Crippen LogP contribution in [0.3, 0.4) is 0 Å². The van der Waals surface area contributed by atoms with Gasteiger partial charge in [0.25, 0.3) is 5.91 Å². The second-order valence-electron chi connectivity index (χ2n) is 7.99. The maximum absolute atomic E-state index is 13.2. The molecule has 2 aliphatic heterocycles. The van der Waals surface area contributed by atoms with E-state index in [0.29, 0.717) is 6.04 Å². The molecule has 1 amide bonds. The topological polar surface area (TPSA) is 36.4 Å². The van der Waals surface area contributed by atoms with Gasteiger partial charge in [0.1, 0.15) is 5.03 Å². The van der Waals surface area contributed by atoms with Crippen LogP contribution in [-0.4, -0.2) is 52.9 Å². The van der Waals surface area contributed by atoms with Gasteiger partial charge in [-0.2, -0.15) is 0 Å². The molecule has 148 valence electrons. The first-order chi connectivity index (χ1) is 13.6. The van der Waals surface area contributed by atoms with Crippen LogP contribution in [0, 0.1) is 13.8 Å². The highest BCUT2D eigenvalue weighted by molar-refractivity contribution is 7.99. The number of aryl methyl sites for hydroxylation is 2. The fourth-order valence-corrected chi connectivity index (χ4v) is 5.31. The van der Waals surface area contributed by atoms with Gasteiger partial charge in [-0.05, 0) is 76.4 Å². The monoisotopic (exact) mass is 395 g/mol. The largest absolute Gasteiger partial charge is 0.338 e. The number of benzene rings is 1. The predicted molar refractivity (Wildman–Crippen MR) is 114 cm³/mol. The van der Waals surface area contributed by atoms with E-state index in [2.05, 4.69) is 41.9 Å². The average Bonchev–Trinajstić information content (AvgIpc) is 3.25. The zero-order chi connectivity index (χ0) is 19.5. The molecule has 2 saturated heterocycles. The van der Waals surface area contributed by atoms with E-state index in [1.54, 1.807) is 18.0 Å². The predicted octanol–water partition coefficient (Wildman–Crippen LogP) is 4.55. The van der Waals surface area contributed by atoms with E-state index in [1.807, 2.05) is 17.0 Å². The molecule has 4 nitrogen and oxygen atoms in total. The summed E-state index contributed by atoms with van der Waals surface area (Å²) in [6.07, 6.45) is 6.61. The third-order valence-electron chi connectivity index (χ3n) is 5.95. The van der Waals surface area contributed by atoms with E-state index in [4.69, 9.17) is 0 Å². The molecule has 0 aliphatic carbocycles. The lowest BCUT2D eigenvalue weighted by molar-refractivity contribution is 0.0640. The van der Waals surface area contributed by atoms with E-state index in [9.17, 15) is 4.79 Å². The number of hydrogen-bond donors (Lipinski definition) is 0. The Hall–Kier alpha value is -1.85. The summed E-state index contributed by atoms with van der Waals surface area (Å²) in [5.74, 6) is 0.125. The molecule has 4 rings (SSSR count). The van der Waals surface area contributed by atoms with Gasteiger partial charge in [0.2, 0.25) is 0 Å². The first-order valence-electron chi connectivity index (χ1n) is 10.4. The minimum absolute atomic E-state index is 0.125. The summed E-state index contributed by atoms with van der Waals surface area (Å²) in [7, 11) is 0. The van der Waals surface area contributed by atoms with E-state index in [1.165, 1.54) is 37.1 Å². The molecule has 3 heterocycles. The molecular weight excluding hydrogens is 366 g/mol. The van der Waals surface area contributed by atoms with Crippen LogP contribution in [-0.2, 0) is 0 Å². The molecule has 2 fully saturated rings. The molecule has 0 unspecified atom stereocenters. The Morgan fingerprint density at radius 2 is 1.82 bits per heavy atom. The number of rotatable bonds is 4. The summed E-state index contributed by atoms with van der Waals surface area (Å²) >= 11 is 1.60. The number of nitrogens with zero attached hydrogens (tertiary/aromatic N) is 3. The van der Waals surface area contributed by atoms with Crippen molar-refractivity contribution in [1.29, 1.82) is 0 Å². The van der Waals surface area contributed by atoms with Gasteiger partial charge in [0.15, 0.2) is 0 Å². The Balaban J connectivity index is 1.46. The highest BCUT2D eigenvalue weighted by Gasteiger charge is 2.29. The van der Waals surface area contributed by atoms with Crippen molar-refractivity contribution in [1.82, 2.24) is 14.8 Å². The van der Waals surface area contributed by atoms with Crippen LogP contribution in [0.4, 0.5) is 0 Å². The van der Waals surface area contributed by atoms with Gasteiger partial charge in [-0.25, -0.2) is 4.98 Å². The standard InChI is InChI=1S/C23H29N3OS/c1-17-7-8-21(18(2)16-17)28-22-20(6-5-11-24-22)23(27)26-14-9-19(10-15-26)25-12-3-4-13-25/h5-8,11,16,19H,3-4,9-10,12-15H2,1-2H3. The number of hydrogen-bond acceptors (Lipinski definition) is 4. The first-order valence-corrected chi connectivity index (χ1v) is 11.2. The Morgan fingerprint density at radius 1 is 1.07 bits per heavy atom. The molecule has 5 heteroatoms. The van der Waals surface area contributed by atoms with E-state index in [0.717, 1.165) is 41.4 Å². The van der Waals surface area contributed by atoms with Crippen LogP contribution >= 0.6 is 11.8 Å². The van der Waals surface area contributed by atoms with Crippen molar-refractivity contribution in [3.05, 3.63) is 53.2 Å². The summed E-state index contributed by atoms with van der Waals surface area (Å²) in [5.41, 5.74) is 3.20. The van der Waals surface area contributed by atoms with Crippen LogP contribution in [0.1, 0.15) is 47.2 Å². The third kappa shape index (κ3) is 4.26. The number of piperidine rings is 1. The van der Waals surface area contributed by atoms with Gasteiger partial charge < -0.3 is 9.80 Å². The summed E-state index contributed by atoms with van der Waals surface area (Å²) in [6, 6.07) is 10.9. The van der Waals surface area contributed by atoms with Crippen molar-refractivity contribution < 1.29 is 4.79 Å². The number of pyridine rings is 1. The lowest BCUT2D eigenvalue weighted by Crippen LogP contribution is -2.46. The summed E-state index contributed by atoms with van der Waals surface area (Å²) in [5, 5.41) is 0.807. The molecule has 2 aromatic rings. The van der Waals surface area contributed by atoms with Gasteiger partial charge in [0, 0.05) is 30.2 Å². The summed E-state index contributed by atoms with van der Waals surface area (Å²) in [6.45, 7) is 8.38. The van der Waals surface area contributed by atoms with E-state index >= 15 is 0 Å². The normalized spacial score (nSPS) is 18.6. The average molecular weight is 396 g/mol. The minimum Gasteiger partial charge on any atom is -0.338 e. The summed E-state index contributed by atoms with van der Waals surface area (Å²) < 4.78 is 0. The molecule has 0 bridgehead atoms. The van der Waals surface area contributed by atoms with Crippen molar-refractivity contribution in [2.45, 2.75) is 55.5 Å². The molecular formula is C23H29N3OS. The van der Waals surface area contributed by atoms with Gasteiger partial charge >= 0.3 is 0 Å². The Labute approximate surface area is 172 Å². The second-order valence-corrected chi connectivity index (χ2v) is 9.02. The van der Waals surface area contributed by atoms with Gasteiger partial charge in [0.05, 0.1) is 5.56 Å². The number of amides is 1. The molecule has 1 aromatic heterocycles. The maximum Gasteiger partial charge on any atom is 0.256 e. The zero-order valence-electron chi connectivity index (χ0n) is 16.9. The molecule has 2 aliphatic rings. The fourth-order valence-electron chi connectivity index (χ4n) is 4.36. The number of aromatic nitrogens is 1. The quantitative estimate of drug-likeness (QED) is 0.761. The van der Waals surface area contributed by atoms with Gasteiger partial charge in [-0.15, -0.1) is 0 Å². The van der Waals surface area contributed by atoms with Crippen molar-refractivity contribution >= 4 is 17.7 Å². The number of likely N-dealkylation sites (tertiary alicyclic amines) is 2. The van der Waals surface area contributed by atoms with Crippen LogP contribution < -0.4 is 0 Å². The Morgan fingerprint density at radius 3 is 2.54 bits per heavy atom. The molecule has 0 N–H and O–H groups in total. The van der Waals surface area contributed by atoms with Crippen LogP contribution in [0.5, 0.6) is 0 Å². The lowest BCUT2D eigenvalue weighted by Gasteiger charge is -2.36. The van der Waals surface area contributed by atoms with E-state index in [-0.39, 0.29) is 5.91 Å². The minimum atomic E-state index is 0.125. The number of carbonyl (C=O) groups excluding carboxylic acids is 1. The van der Waals surface area contributed by atoms with Crippen molar-refractivity contribution in [2.24, 2.45) is 0 Å². The first kappa shape index (κ1) is 19.5. The fraction of sp³-hybridized carbons (Fsp3) is 0.478. The molecule has 1 aromatic carbocycles. The van der Waals surface area contributed by atoms with Crippen LogP contribution in [0.25, 0.3) is 0 Å². The molecule has 0 radical (unpaired) electrons. The van der Waals surface area contributed by atoms with Crippen molar-refractivity contribution in [3.8, 4) is 0 Å². The summed E-state index contributed by atoms with van der Waals surface area (Å²) in [4.78, 5) is 23.6. The molecule has 28 heavy (non-hydrogen) atoms. The SMILES string of the molecule is Cc1ccc(Sc2ncccc2C(=O)N2CCC(N3CCCC3)CC2)c(C)c1. The molecule has 0 saturated carbocycles. The Bertz CT molecular complexity index is 839. The molecule has 0 atom stereocenters. The highest BCUT2D eigenvalue weighted by Crippen LogP contribution is 2.32. The zero-order valence-corrected chi connectivity index (χ0v) is 17.7.